The third-order valence-electron chi connectivity index (χ3n) is 7.07. The number of hydrogen-bond donors (Lipinski definition) is 1. The van der Waals surface area contributed by atoms with Gasteiger partial charge in [-0.2, -0.15) is 0 Å². The molecular weight excluding hydrogens is 468 g/mol. The Labute approximate surface area is 208 Å². The molecule has 34 heavy (non-hydrogen) atoms. The van der Waals surface area contributed by atoms with Crippen LogP contribution in [0.3, 0.4) is 0 Å². The van der Waals surface area contributed by atoms with Gasteiger partial charge in [-0.25, -0.2) is 0 Å². The van der Waals surface area contributed by atoms with Gasteiger partial charge < -0.3 is 15.0 Å². The summed E-state index contributed by atoms with van der Waals surface area (Å²) in [7, 11) is 0. The number of carbonyl (C=O) groups excluding carboxylic acids is 2. The summed E-state index contributed by atoms with van der Waals surface area (Å²) in [6.07, 6.45) is 1.29. The van der Waals surface area contributed by atoms with Gasteiger partial charge in [-0.05, 0) is 41.0 Å². The highest BCUT2D eigenvalue weighted by Crippen LogP contribution is 2.52. The van der Waals surface area contributed by atoms with Gasteiger partial charge in [-0.1, -0.05) is 66.2 Å². The van der Waals surface area contributed by atoms with Gasteiger partial charge in [0, 0.05) is 25.4 Å². The van der Waals surface area contributed by atoms with E-state index < -0.39 is 0 Å². The number of piperidine rings is 1. The minimum Gasteiger partial charge on any atom is -0.370 e. The normalized spacial score (nSPS) is 20.8. The van der Waals surface area contributed by atoms with E-state index in [0.717, 1.165) is 24.0 Å². The van der Waals surface area contributed by atoms with Crippen molar-refractivity contribution >= 4 is 34.8 Å². The zero-order chi connectivity index (χ0) is 23.7. The fraction of sp³-hybridized carbons (Fsp3) is 0.333. The second-order valence-corrected chi connectivity index (χ2v) is 10.4. The Balaban J connectivity index is 1.45. The lowest BCUT2D eigenvalue weighted by atomic mass is 9.71. The maximum atomic E-state index is 13.1. The van der Waals surface area contributed by atoms with Gasteiger partial charge in [0.05, 0.1) is 23.8 Å². The minimum absolute atomic E-state index is 0.0127. The lowest BCUT2D eigenvalue weighted by Gasteiger charge is -2.44. The highest BCUT2D eigenvalue weighted by atomic mass is 35.5. The number of benzene rings is 2. The maximum Gasteiger partial charge on any atom is 0.265 e. The number of carbonyl (C=O) groups is 2. The Morgan fingerprint density at radius 3 is 2.47 bits per heavy atom. The predicted octanol–water partition coefficient (Wildman–Crippen LogP) is 5.35. The lowest BCUT2D eigenvalue weighted by molar-refractivity contribution is -0.122. The van der Waals surface area contributed by atoms with Gasteiger partial charge in [0.15, 0.2) is 0 Å². The van der Waals surface area contributed by atoms with E-state index >= 15 is 0 Å². The molecule has 1 aliphatic heterocycles. The largest absolute Gasteiger partial charge is 0.370 e. The van der Waals surface area contributed by atoms with Crippen LogP contribution in [0.25, 0.3) is 0 Å². The zero-order valence-electron chi connectivity index (χ0n) is 19.0. The van der Waals surface area contributed by atoms with Crippen LogP contribution in [0.1, 0.15) is 52.2 Å². The van der Waals surface area contributed by atoms with Crippen LogP contribution in [0.2, 0.25) is 5.02 Å². The third kappa shape index (κ3) is 4.15. The van der Waals surface area contributed by atoms with Gasteiger partial charge in [0.2, 0.25) is 5.91 Å². The number of thiophene rings is 1. The number of nitrogens with one attached hydrogen (secondary N) is 1. The minimum atomic E-state index is -0.283. The summed E-state index contributed by atoms with van der Waals surface area (Å²) in [5.74, 6) is -0.0913. The molecule has 0 saturated carbocycles. The Kier molecular flexibility index (Phi) is 6.47. The van der Waals surface area contributed by atoms with Gasteiger partial charge >= 0.3 is 0 Å². The van der Waals surface area contributed by atoms with Crippen LogP contribution in [0.15, 0.2) is 66.0 Å². The quantitative estimate of drug-likeness (QED) is 0.520. The van der Waals surface area contributed by atoms with E-state index in [1.165, 1.54) is 16.9 Å². The van der Waals surface area contributed by atoms with E-state index in [0.29, 0.717) is 29.6 Å². The number of likely N-dealkylation sites (tertiary alicyclic amines) is 1. The first-order chi connectivity index (χ1) is 16.5. The van der Waals surface area contributed by atoms with Crippen molar-refractivity contribution in [2.45, 2.75) is 43.9 Å². The summed E-state index contributed by atoms with van der Waals surface area (Å²) in [5, 5.41) is 5.52. The molecule has 1 fully saturated rings. The van der Waals surface area contributed by atoms with Crippen molar-refractivity contribution in [2.75, 3.05) is 13.1 Å². The Hall–Kier alpha value is -2.67. The highest BCUT2D eigenvalue weighted by molar-refractivity contribution is 7.12. The molecule has 0 radical (unpaired) electrons. The summed E-state index contributed by atoms with van der Waals surface area (Å²) in [6, 6.07) is 19.9. The topological polar surface area (TPSA) is 58.6 Å². The van der Waals surface area contributed by atoms with Crippen LogP contribution >= 0.6 is 22.9 Å². The first-order valence-electron chi connectivity index (χ1n) is 11.5. The summed E-state index contributed by atoms with van der Waals surface area (Å²) >= 11 is 7.62. The van der Waals surface area contributed by atoms with Crippen molar-refractivity contribution in [1.29, 1.82) is 0 Å². The van der Waals surface area contributed by atoms with Crippen molar-refractivity contribution in [3.63, 3.8) is 0 Å². The fourth-order valence-corrected chi connectivity index (χ4v) is 6.60. The molecule has 7 heteroatoms. The van der Waals surface area contributed by atoms with Crippen molar-refractivity contribution in [2.24, 2.45) is 0 Å². The molecule has 1 aliphatic carbocycles. The predicted molar refractivity (Wildman–Crippen MR) is 134 cm³/mol. The molecule has 0 bridgehead atoms. The standard InChI is InChI=1S/C27H27ClN2O3S/c1-18(31)29-23-20-9-5-6-10-21(20)27(25(23)33-17-19-7-3-2-4-8-19)12-14-30(15-13-27)26(32)24-22(28)11-16-34-24/h2-11,16,23,25H,12-15,17H2,1H3,(H,29,31)/t23-,25+/m0/s1. The van der Waals surface area contributed by atoms with Crippen LogP contribution in [0, 0.1) is 0 Å². The maximum absolute atomic E-state index is 13.1. The Morgan fingerprint density at radius 2 is 1.79 bits per heavy atom. The van der Waals surface area contributed by atoms with Gasteiger partial charge in [0.1, 0.15) is 4.88 Å². The van der Waals surface area contributed by atoms with Crippen LogP contribution in [0.5, 0.6) is 0 Å². The number of hydrogen-bond acceptors (Lipinski definition) is 4. The highest BCUT2D eigenvalue weighted by Gasteiger charge is 2.54. The average molecular weight is 495 g/mol. The molecule has 176 valence electrons. The second kappa shape index (κ2) is 9.53. The Bertz CT molecular complexity index is 1190. The molecular formula is C27H27ClN2O3S. The summed E-state index contributed by atoms with van der Waals surface area (Å²) < 4.78 is 6.63. The van der Waals surface area contributed by atoms with E-state index in [1.54, 1.807) is 13.0 Å². The number of amides is 2. The molecule has 1 aromatic heterocycles. The molecule has 1 spiro atoms. The molecule has 2 atom stereocenters. The van der Waals surface area contributed by atoms with Gasteiger partial charge in [0.25, 0.3) is 5.91 Å². The van der Waals surface area contributed by atoms with Crippen LogP contribution in [0.4, 0.5) is 0 Å². The first-order valence-corrected chi connectivity index (χ1v) is 12.8. The zero-order valence-corrected chi connectivity index (χ0v) is 20.6. The van der Waals surface area contributed by atoms with Gasteiger partial charge in [-0.3, -0.25) is 9.59 Å². The molecule has 3 aromatic rings. The van der Waals surface area contributed by atoms with E-state index in [2.05, 4.69) is 17.4 Å². The Morgan fingerprint density at radius 1 is 1.09 bits per heavy atom. The van der Waals surface area contributed by atoms with Crippen molar-refractivity contribution in [3.8, 4) is 0 Å². The summed E-state index contributed by atoms with van der Waals surface area (Å²) in [4.78, 5) is 27.8. The smallest absolute Gasteiger partial charge is 0.265 e. The molecule has 5 nitrogen and oxygen atoms in total. The molecule has 2 aliphatic rings. The fourth-order valence-electron chi connectivity index (χ4n) is 5.50. The monoisotopic (exact) mass is 494 g/mol. The number of fused-ring (bicyclic) bond motifs is 2. The third-order valence-corrected chi connectivity index (χ3v) is 8.39. The van der Waals surface area contributed by atoms with Crippen molar-refractivity contribution in [1.82, 2.24) is 10.2 Å². The van der Waals surface area contributed by atoms with E-state index in [-0.39, 0.29) is 29.4 Å². The SMILES string of the molecule is CC(=O)N[C@H]1c2ccccc2C2(CCN(C(=O)c3sccc3Cl)CC2)[C@@H]1OCc1ccccc1. The van der Waals surface area contributed by atoms with Crippen molar-refractivity contribution < 1.29 is 14.3 Å². The van der Waals surface area contributed by atoms with Crippen molar-refractivity contribution in [3.05, 3.63) is 92.6 Å². The van der Waals surface area contributed by atoms with E-state index in [1.807, 2.05) is 52.7 Å². The first kappa shape index (κ1) is 23.1. The molecule has 5 rings (SSSR count). The van der Waals surface area contributed by atoms with Crippen LogP contribution < -0.4 is 5.32 Å². The van der Waals surface area contributed by atoms with Crippen LogP contribution in [-0.2, 0) is 21.6 Å². The summed E-state index contributed by atoms with van der Waals surface area (Å²) in [6.45, 7) is 3.23. The lowest BCUT2D eigenvalue weighted by Crippen LogP contribution is -2.51. The summed E-state index contributed by atoms with van der Waals surface area (Å²) in [5.41, 5.74) is 3.13. The number of nitrogens with zero attached hydrogens (tertiary/aromatic N) is 1. The van der Waals surface area contributed by atoms with Crippen LogP contribution in [-0.4, -0.2) is 35.9 Å². The van der Waals surface area contributed by atoms with Gasteiger partial charge in [-0.15, -0.1) is 11.3 Å². The second-order valence-electron chi connectivity index (χ2n) is 9.03. The molecule has 1 saturated heterocycles. The molecule has 2 amide bonds. The number of ether oxygens (including phenoxy) is 1. The number of rotatable bonds is 5. The number of halogens is 1. The molecule has 1 N–H and O–H groups in total. The molecule has 2 heterocycles. The molecule has 0 unspecified atom stereocenters. The molecule has 2 aromatic carbocycles. The van der Waals surface area contributed by atoms with E-state index in [9.17, 15) is 9.59 Å². The van der Waals surface area contributed by atoms with E-state index in [4.69, 9.17) is 16.3 Å². The average Bonchev–Trinajstić information content (AvgIpc) is 3.38.